The lowest BCUT2D eigenvalue weighted by Crippen LogP contribution is -2.13. The summed E-state index contributed by atoms with van der Waals surface area (Å²) in [4.78, 5) is 4.94. The third-order valence-corrected chi connectivity index (χ3v) is 7.44. The summed E-state index contributed by atoms with van der Waals surface area (Å²) in [7, 11) is -3.95. The van der Waals surface area contributed by atoms with Crippen LogP contribution >= 0.6 is 0 Å². The number of aromatic nitrogens is 2. The van der Waals surface area contributed by atoms with Gasteiger partial charge in [-0.3, -0.25) is 4.40 Å². The van der Waals surface area contributed by atoms with Crippen LogP contribution in [0.25, 0.3) is 16.9 Å². The zero-order valence-electron chi connectivity index (χ0n) is 21.0. The van der Waals surface area contributed by atoms with Crippen LogP contribution in [0.3, 0.4) is 0 Å². The number of nitrogens with zero attached hydrogens (tertiary/aromatic N) is 2. The smallest absolute Gasteiger partial charge is 0.339 e. The van der Waals surface area contributed by atoms with Gasteiger partial charge >= 0.3 is 10.1 Å². The maximum atomic E-state index is 12.9. The molecule has 0 amide bonds. The molecule has 0 aliphatic carbocycles. The molecule has 5 aromatic rings. The molecule has 0 atom stereocenters. The minimum absolute atomic E-state index is 0.0638. The van der Waals surface area contributed by atoms with Crippen molar-refractivity contribution in [2.24, 2.45) is 0 Å². The maximum absolute atomic E-state index is 12.9. The first-order chi connectivity index (χ1) is 17.7. The molecule has 0 fully saturated rings. The van der Waals surface area contributed by atoms with Crippen LogP contribution in [0.4, 0.5) is 5.82 Å². The second kappa shape index (κ2) is 9.75. The third-order valence-electron chi connectivity index (χ3n) is 6.18. The van der Waals surface area contributed by atoms with Gasteiger partial charge in [0.05, 0.1) is 0 Å². The molecule has 0 radical (unpaired) electrons. The first kappa shape index (κ1) is 24.6. The van der Waals surface area contributed by atoms with Crippen LogP contribution in [0.2, 0.25) is 0 Å². The van der Waals surface area contributed by atoms with Crippen LogP contribution in [-0.2, 0) is 22.1 Å². The average Bonchev–Trinajstić information content (AvgIpc) is 3.26. The van der Waals surface area contributed by atoms with E-state index in [4.69, 9.17) is 9.17 Å². The molecule has 0 bridgehead atoms. The van der Waals surface area contributed by atoms with E-state index >= 15 is 0 Å². The molecule has 37 heavy (non-hydrogen) atoms. The molecule has 1 N–H and O–H groups in total. The van der Waals surface area contributed by atoms with E-state index in [1.54, 1.807) is 24.3 Å². The minimum Gasteiger partial charge on any atom is -0.379 e. The Morgan fingerprint density at radius 1 is 0.838 bits per heavy atom. The number of anilines is 1. The lowest BCUT2D eigenvalue weighted by molar-refractivity contribution is 0.486. The lowest BCUT2D eigenvalue weighted by atomic mass is 9.87. The molecule has 0 aliphatic heterocycles. The van der Waals surface area contributed by atoms with Crippen molar-refractivity contribution in [2.75, 3.05) is 5.32 Å². The topological polar surface area (TPSA) is 72.7 Å². The minimum atomic E-state index is -3.95. The van der Waals surface area contributed by atoms with E-state index in [1.807, 2.05) is 71.3 Å². The predicted octanol–water partition coefficient (Wildman–Crippen LogP) is 6.68. The largest absolute Gasteiger partial charge is 0.379 e. The number of benzene rings is 3. The average molecular weight is 512 g/mol. The highest BCUT2D eigenvalue weighted by atomic mass is 32.2. The van der Waals surface area contributed by atoms with Gasteiger partial charge in [-0.15, -0.1) is 0 Å². The molecule has 0 unspecified atom stereocenters. The van der Waals surface area contributed by atoms with Crippen LogP contribution < -0.4 is 9.50 Å². The molecule has 0 aliphatic rings. The Morgan fingerprint density at radius 2 is 1.51 bits per heavy atom. The zero-order valence-corrected chi connectivity index (χ0v) is 21.9. The monoisotopic (exact) mass is 511 g/mol. The van der Waals surface area contributed by atoms with Crippen molar-refractivity contribution in [3.8, 4) is 17.0 Å². The Morgan fingerprint density at radius 3 is 2.19 bits per heavy atom. The third kappa shape index (κ3) is 5.37. The van der Waals surface area contributed by atoms with Crippen molar-refractivity contribution in [3.63, 3.8) is 0 Å². The van der Waals surface area contributed by atoms with Crippen LogP contribution in [0.1, 0.15) is 31.9 Å². The number of rotatable bonds is 7. The van der Waals surface area contributed by atoms with Crippen molar-refractivity contribution in [3.05, 3.63) is 114 Å². The van der Waals surface area contributed by atoms with Crippen molar-refractivity contribution in [1.82, 2.24) is 9.38 Å². The number of nitrogens with one attached hydrogen (secondary N) is 1. The first-order valence-electron chi connectivity index (χ1n) is 12.1. The molecule has 0 saturated heterocycles. The summed E-state index contributed by atoms with van der Waals surface area (Å²) < 4.78 is 33.2. The van der Waals surface area contributed by atoms with Gasteiger partial charge in [-0.25, -0.2) is 4.98 Å². The quantitative estimate of drug-likeness (QED) is 0.247. The highest BCUT2D eigenvalue weighted by molar-refractivity contribution is 7.87. The van der Waals surface area contributed by atoms with Crippen molar-refractivity contribution in [2.45, 2.75) is 37.6 Å². The van der Waals surface area contributed by atoms with Gasteiger partial charge in [-0.2, -0.15) is 8.42 Å². The Bertz CT molecular complexity index is 1620. The molecular weight excluding hydrogens is 482 g/mol. The molecule has 5 rings (SSSR count). The van der Waals surface area contributed by atoms with E-state index in [2.05, 4.69) is 38.2 Å². The van der Waals surface area contributed by atoms with Crippen molar-refractivity contribution < 1.29 is 12.6 Å². The fraction of sp³-hybridized carbons (Fsp3) is 0.167. The maximum Gasteiger partial charge on any atom is 0.339 e. The summed E-state index contributed by atoms with van der Waals surface area (Å²) in [6.45, 7) is 6.89. The molecule has 2 aromatic heterocycles. The van der Waals surface area contributed by atoms with Gasteiger partial charge in [0.1, 0.15) is 27.8 Å². The van der Waals surface area contributed by atoms with Gasteiger partial charge in [0.15, 0.2) is 0 Å². The molecule has 0 spiro atoms. The Hall–Kier alpha value is -4.10. The van der Waals surface area contributed by atoms with Crippen molar-refractivity contribution >= 4 is 21.6 Å². The molecule has 2 heterocycles. The fourth-order valence-corrected chi connectivity index (χ4v) is 5.04. The summed E-state index contributed by atoms with van der Waals surface area (Å²) in [5, 5.41) is 3.51. The van der Waals surface area contributed by atoms with E-state index in [0.717, 1.165) is 33.8 Å². The van der Waals surface area contributed by atoms with Crippen LogP contribution in [0.15, 0.2) is 108 Å². The lowest BCUT2D eigenvalue weighted by Gasteiger charge is -2.19. The van der Waals surface area contributed by atoms with Gasteiger partial charge in [-0.05, 0) is 65.1 Å². The summed E-state index contributed by atoms with van der Waals surface area (Å²) in [6, 6.07) is 29.8. The van der Waals surface area contributed by atoms with Gasteiger partial charge in [0, 0.05) is 18.3 Å². The van der Waals surface area contributed by atoms with E-state index in [1.165, 1.54) is 0 Å². The molecular formula is C30H29N3O3S. The standard InChI is InChI=1S/C30H29N3O3S/c1-30(2,3)24-14-18-26(19-15-24)37(34,35)36-25-16-12-23(13-17-25)28-29(31-21-22-9-5-4-6-10-22)33-20-8-7-11-27(33)32-28/h4-20,31H,21H2,1-3H3. The van der Waals surface area contributed by atoms with Crippen LogP contribution in [0.5, 0.6) is 5.75 Å². The summed E-state index contributed by atoms with van der Waals surface area (Å²) in [6.07, 6.45) is 1.97. The number of imidazole rings is 1. The Balaban J connectivity index is 1.39. The summed E-state index contributed by atoms with van der Waals surface area (Å²) in [5.41, 5.74) is 4.58. The SMILES string of the molecule is CC(C)(C)c1ccc(S(=O)(=O)Oc2ccc(-c3nc4ccccn4c3NCc3ccccc3)cc2)cc1. The predicted molar refractivity (Wildman–Crippen MR) is 147 cm³/mol. The van der Waals surface area contributed by atoms with Crippen LogP contribution in [-0.4, -0.2) is 17.8 Å². The number of fused-ring (bicyclic) bond motifs is 1. The molecule has 188 valence electrons. The Labute approximate surface area is 217 Å². The second-order valence-corrected chi connectivity index (χ2v) is 11.5. The highest BCUT2D eigenvalue weighted by Crippen LogP contribution is 2.31. The van der Waals surface area contributed by atoms with E-state index in [0.29, 0.717) is 6.54 Å². The van der Waals surface area contributed by atoms with Gasteiger partial charge in [-0.1, -0.05) is 69.3 Å². The molecule has 0 saturated carbocycles. The van der Waals surface area contributed by atoms with Gasteiger partial charge in [0.25, 0.3) is 0 Å². The van der Waals surface area contributed by atoms with E-state index < -0.39 is 10.1 Å². The molecule has 7 heteroatoms. The summed E-state index contributed by atoms with van der Waals surface area (Å²) >= 11 is 0. The summed E-state index contributed by atoms with van der Waals surface area (Å²) in [5.74, 6) is 1.10. The highest BCUT2D eigenvalue weighted by Gasteiger charge is 2.20. The number of hydrogen-bond acceptors (Lipinski definition) is 5. The van der Waals surface area contributed by atoms with E-state index in [9.17, 15) is 8.42 Å². The van der Waals surface area contributed by atoms with Gasteiger partial charge in [0.2, 0.25) is 0 Å². The normalized spacial score (nSPS) is 12.0. The van der Waals surface area contributed by atoms with Crippen molar-refractivity contribution in [1.29, 1.82) is 0 Å². The number of hydrogen-bond donors (Lipinski definition) is 1. The number of pyridine rings is 1. The van der Waals surface area contributed by atoms with E-state index in [-0.39, 0.29) is 16.1 Å². The molecule has 6 nitrogen and oxygen atoms in total. The Kier molecular flexibility index (Phi) is 6.48. The molecule has 3 aromatic carbocycles. The van der Waals surface area contributed by atoms with Crippen LogP contribution in [0, 0.1) is 0 Å². The zero-order chi connectivity index (χ0) is 26.0. The first-order valence-corrected chi connectivity index (χ1v) is 13.5. The fourth-order valence-electron chi connectivity index (χ4n) is 4.11. The second-order valence-electron chi connectivity index (χ2n) is 9.91. The van der Waals surface area contributed by atoms with Gasteiger partial charge < -0.3 is 9.50 Å².